The van der Waals surface area contributed by atoms with Crippen molar-refractivity contribution in [3.63, 3.8) is 0 Å². The van der Waals surface area contributed by atoms with Crippen LogP contribution in [0.1, 0.15) is 31.5 Å². The van der Waals surface area contributed by atoms with Crippen LogP contribution in [0.5, 0.6) is 11.6 Å². The van der Waals surface area contributed by atoms with Crippen molar-refractivity contribution in [2.75, 3.05) is 10.6 Å². The van der Waals surface area contributed by atoms with Crippen molar-refractivity contribution in [3.8, 4) is 11.6 Å². The molecule has 0 aliphatic heterocycles. The molecule has 0 fully saturated rings. The smallest absolute Gasteiger partial charge is 0.416 e. The number of rotatable bonds is 8. The zero-order valence-electron chi connectivity index (χ0n) is 21.2. The predicted octanol–water partition coefficient (Wildman–Crippen LogP) is 5.84. The first-order chi connectivity index (χ1) is 18.8. The number of aromatic amines is 1. The molecule has 0 aliphatic carbocycles. The first-order valence-electron chi connectivity index (χ1n) is 11.8. The Hall–Kier alpha value is -4.36. The summed E-state index contributed by atoms with van der Waals surface area (Å²) in [6.45, 7) is 3.25. The second-order valence-corrected chi connectivity index (χ2v) is 9.81. The van der Waals surface area contributed by atoms with Crippen molar-refractivity contribution in [1.82, 2.24) is 20.3 Å². The van der Waals surface area contributed by atoms with E-state index >= 15 is 0 Å². The minimum Gasteiger partial charge on any atom is -0.437 e. The molecule has 0 bridgehead atoms. The summed E-state index contributed by atoms with van der Waals surface area (Å²) in [4.78, 5) is 35.8. The number of H-pyrrole nitrogens is 1. The van der Waals surface area contributed by atoms with E-state index in [9.17, 15) is 27.9 Å². The number of hydrogen-bond acceptors (Lipinski definition) is 6. The Balaban J connectivity index is 1.41. The maximum atomic E-state index is 12.9. The van der Waals surface area contributed by atoms with Crippen LogP contribution in [0.2, 0.25) is 5.02 Å². The quantitative estimate of drug-likeness (QED) is 0.178. The van der Waals surface area contributed by atoms with E-state index in [0.29, 0.717) is 16.7 Å². The fraction of sp³-hybridized carbons (Fsp3) is 0.231. The molecule has 0 radical (unpaired) electrons. The summed E-state index contributed by atoms with van der Waals surface area (Å²) in [5.41, 5.74) is -0.244. The van der Waals surface area contributed by atoms with Crippen LogP contribution in [0.25, 0.3) is 11.0 Å². The molecule has 2 heterocycles. The van der Waals surface area contributed by atoms with Crippen molar-refractivity contribution in [2.45, 2.75) is 38.6 Å². The molecule has 0 unspecified atom stereocenters. The summed E-state index contributed by atoms with van der Waals surface area (Å²) in [7, 11) is 0. The number of amides is 3. The first kappa shape index (κ1) is 28.6. The molecular weight excluding hydrogens is 553 g/mol. The number of anilines is 2. The van der Waals surface area contributed by atoms with Crippen molar-refractivity contribution >= 4 is 45.9 Å². The number of halogens is 4. The van der Waals surface area contributed by atoms with Gasteiger partial charge in [-0.3, -0.25) is 4.79 Å². The van der Waals surface area contributed by atoms with Gasteiger partial charge in [0.25, 0.3) is 0 Å². The zero-order valence-corrected chi connectivity index (χ0v) is 21.9. The van der Waals surface area contributed by atoms with Crippen LogP contribution in [0, 0.1) is 0 Å². The van der Waals surface area contributed by atoms with Gasteiger partial charge in [-0.05, 0) is 50.2 Å². The summed E-state index contributed by atoms with van der Waals surface area (Å²) in [6, 6.07) is 9.55. The van der Waals surface area contributed by atoms with Gasteiger partial charge < -0.3 is 30.8 Å². The standard InChI is InChI=1S/C26H24ClF3N6O4/c1-25(2,39)11-21(37)31-12-16-9-20-22(34-16)23(33-13-32-20)40-17-6-7-19(18(27)10-17)36-24(38)35-15-5-3-4-14(8-15)26(28,29)30/h3-10,13,34,39H,11-12H2,1-2H3,(H,31,37)(H2,35,36,38). The lowest BCUT2D eigenvalue weighted by molar-refractivity contribution is -0.137. The largest absolute Gasteiger partial charge is 0.437 e. The molecular formula is C26H24ClF3N6O4. The van der Waals surface area contributed by atoms with E-state index in [4.69, 9.17) is 16.3 Å². The number of nitrogens with zero attached hydrogens (tertiary/aromatic N) is 2. The van der Waals surface area contributed by atoms with E-state index in [1.807, 2.05) is 0 Å². The molecule has 10 nitrogen and oxygen atoms in total. The molecule has 0 spiro atoms. The van der Waals surface area contributed by atoms with Gasteiger partial charge in [-0.15, -0.1) is 0 Å². The fourth-order valence-electron chi connectivity index (χ4n) is 3.62. The highest BCUT2D eigenvalue weighted by molar-refractivity contribution is 6.34. The number of ether oxygens (including phenoxy) is 1. The predicted molar refractivity (Wildman–Crippen MR) is 142 cm³/mol. The summed E-state index contributed by atoms with van der Waals surface area (Å²) < 4.78 is 44.6. The third kappa shape index (κ3) is 7.61. The third-order valence-electron chi connectivity index (χ3n) is 5.36. The van der Waals surface area contributed by atoms with Gasteiger partial charge in [0.2, 0.25) is 11.8 Å². The molecule has 2 aromatic heterocycles. The van der Waals surface area contributed by atoms with Gasteiger partial charge in [0.15, 0.2) is 0 Å². The van der Waals surface area contributed by atoms with Crippen molar-refractivity contribution in [3.05, 3.63) is 71.1 Å². The minimum atomic E-state index is -4.54. The molecule has 5 N–H and O–H groups in total. The Bertz CT molecular complexity index is 1550. The van der Waals surface area contributed by atoms with E-state index in [1.54, 1.807) is 19.9 Å². The van der Waals surface area contributed by atoms with Crippen LogP contribution in [0.4, 0.5) is 29.3 Å². The summed E-state index contributed by atoms with van der Waals surface area (Å²) in [5.74, 6) is 0.141. The lowest BCUT2D eigenvalue weighted by atomic mass is 10.1. The monoisotopic (exact) mass is 576 g/mol. The van der Waals surface area contributed by atoms with Crippen molar-refractivity contribution < 1.29 is 32.6 Å². The van der Waals surface area contributed by atoms with Gasteiger partial charge in [-0.25, -0.2) is 9.78 Å². The van der Waals surface area contributed by atoms with Crippen LogP contribution in [0.15, 0.2) is 54.9 Å². The van der Waals surface area contributed by atoms with Gasteiger partial charge in [0.05, 0.1) is 40.4 Å². The highest BCUT2D eigenvalue weighted by Crippen LogP contribution is 2.33. The van der Waals surface area contributed by atoms with Gasteiger partial charge in [-0.1, -0.05) is 17.7 Å². The van der Waals surface area contributed by atoms with E-state index in [-0.39, 0.29) is 46.9 Å². The molecule has 0 saturated heterocycles. The molecule has 3 amide bonds. The average Bonchev–Trinajstić information content (AvgIpc) is 3.27. The number of fused-ring (bicyclic) bond motifs is 1. The second kappa shape index (κ2) is 11.4. The van der Waals surface area contributed by atoms with E-state index in [1.165, 1.54) is 36.7 Å². The number of aliphatic hydroxyl groups is 1. The average molecular weight is 577 g/mol. The number of benzene rings is 2. The van der Waals surface area contributed by atoms with Gasteiger partial charge in [-0.2, -0.15) is 18.2 Å². The number of nitrogens with one attached hydrogen (secondary N) is 4. The highest BCUT2D eigenvalue weighted by atomic mass is 35.5. The minimum absolute atomic E-state index is 0.0432. The second-order valence-electron chi connectivity index (χ2n) is 9.40. The Morgan fingerprint density at radius 3 is 2.55 bits per heavy atom. The van der Waals surface area contributed by atoms with Crippen molar-refractivity contribution in [1.29, 1.82) is 0 Å². The molecule has 14 heteroatoms. The summed E-state index contributed by atoms with van der Waals surface area (Å²) in [5, 5.41) is 17.4. The molecule has 2 aromatic carbocycles. The van der Waals surface area contributed by atoms with Crippen LogP contribution >= 0.6 is 11.6 Å². The summed E-state index contributed by atoms with van der Waals surface area (Å²) in [6.07, 6.45) is -3.30. The topological polar surface area (TPSA) is 141 Å². The highest BCUT2D eigenvalue weighted by Gasteiger charge is 2.30. The fourth-order valence-corrected chi connectivity index (χ4v) is 3.84. The van der Waals surface area contributed by atoms with E-state index < -0.39 is 23.4 Å². The Morgan fingerprint density at radius 1 is 1.07 bits per heavy atom. The van der Waals surface area contributed by atoms with Crippen LogP contribution in [0.3, 0.4) is 0 Å². The Kier molecular flexibility index (Phi) is 8.16. The van der Waals surface area contributed by atoms with E-state index in [2.05, 4.69) is 30.9 Å². The lowest BCUT2D eigenvalue weighted by Gasteiger charge is -2.15. The maximum absolute atomic E-state index is 12.9. The first-order valence-corrected chi connectivity index (χ1v) is 12.2. The number of carbonyl (C=O) groups excluding carboxylic acids is 2. The van der Waals surface area contributed by atoms with Crippen molar-refractivity contribution in [2.24, 2.45) is 0 Å². The molecule has 0 aliphatic rings. The molecule has 0 saturated carbocycles. The van der Waals surface area contributed by atoms with Crippen LogP contribution in [-0.2, 0) is 17.5 Å². The molecule has 0 atom stereocenters. The van der Waals surface area contributed by atoms with E-state index in [0.717, 1.165) is 12.1 Å². The Labute approximate surface area is 230 Å². The SMILES string of the molecule is CC(C)(O)CC(=O)NCc1cc2ncnc(Oc3ccc(NC(=O)Nc4cccc(C(F)(F)F)c4)c(Cl)c3)c2[nH]1. The third-order valence-corrected chi connectivity index (χ3v) is 5.67. The number of urea groups is 1. The van der Waals surface area contributed by atoms with Gasteiger partial charge >= 0.3 is 12.2 Å². The number of carbonyl (C=O) groups is 2. The summed E-state index contributed by atoms with van der Waals surface area (Å²) >= 11 is 6.30. The molecule has 40 heavy (non-hydrogen) atoms. The lowest BCUT2D eigenvalue weighted by Crippen LogP contribution is -2.31. The molecule has 4 aromatic rings. The van der Waals surface area contributed by atoms with Crippen LogP contribution < -0.4 is 20.7 Å². The molecule has 210 valence electrons. The zero-order chi connectivity index (χ0) is 29.1. The van der Waals surface area contributed by atoms with Crippen LogP contribution in [-0.4, -0.2) is 37.6 Å². The maximum Gasteiger partial charge on any atom is 0.416 e. The van der Waals surface area contributed by atoms with Gasteiger partial charge in [0, 0.05) is 17.4 Å². The Morgan fingerprint density at radius 2 is 1.85 bits per heavy atom. The van der Waals surface area contributed by atoms with Gasteiger partial charge in [0.1, 0.15) is 17.6 Å². The number of alkyl halides is 3. The molecule has 4 rings (SSSR count). The number of aromatic nitrogens is 3. The number of hydrogen-bond donors (Lipinski definition) is 5. The normalized spacial score (nSPS) is 11.8.